The van der Waals surface area contributed by atoms with E-state index >= 15 is 0 Å². The van der Waals surface area contributed by atoms with Gasteiger partial charge in [0, 0.05) is 35.3 Å². The van der Waals surface area contributed by atoms with Gasteiger partial charge < -0.3 is 9.87 Å². The molecule has 1 unspecified atom stereocenters. The van der Waals surface area contributed by atoms with Crippen LogP contribution in [0.5, 0.6) is 0 Å². The van der Waals surface area contributed by atoms with Crippen LogP contribution in [0, 0.1) is 0 Å². The van der Waals surface area contributed by atoms with Crippen molar-refractivity contribution in [2.24, 2.45) is 0 Å². The highest BCUT2D eigenvalue weighted by molar-refractivity contribution is 7.92. The monoisotopic (exact) mass is 523 g/mol. The minimum atomic E-state index is -4.84. The lowest BCUT2D eigenvalue weighted by Crippen LogP contribution is -2.23. The summed E-state index contributed by atoms with van der Waals surface area (Å²) in [5.41, 5.74) is -1.12. The number of hydrogen-bond acceptors (Lipinski definition) is 6. The van der Waals surface area contributed by atoms with Crippen molar-refractivity contribution < 1.29 is 27.3 Å². The molecule has 0 radical (unpaired) electrons. The number of aromatic amines is 1. The largest absolute Gasteiger partial charge is 0.604 e. The van der Waals surface area contributed by atoms with Crippen molar-refractivity contribution in [3.05, 3.63) is 95.1 Å². The Bertz CT molecular complexity index is 1600. The summed E-state index contributed by atoms with van der Waals surface area (Å²) in [6.07, 6.45) is 10.9. The van der Waals surface area contributed by atoms with E-state index in [0.717, 1.165) is 12.1 Å². The molecule has 0 saturated carbocycles. The van der Waals surface area contributed by atoms with E-state index in [1.807, 2.05) is 0 Å². The van der Waals surface area contributed by atoms with Crippen LogP contribution in [0.1, 0.15) is 27.0 Å². The van der Waals surface area contributed by atoms with Crippen molar-refractivity contribution >= 4 is 52.1 Å². The zero-order valence-electron chi connectivity index (χ0n) is 18.7. The van der Waals surface area contributed by atoms with Gasteiger partial charge in [-0.1, -0.05) is 11.3 Å². The van der Waals surface area contributed by atoms with E-state index in [2.05, 4.69) is 20.7 Å². The zero-order valence-corrected chi connectivity index (χ0v) is 19.5. The molecule has 8 nitrogen and oxygen atoms in total. The van der Waals surface area contributed by atoms with Gasteiger partial charge in [-0.2, -0.15) is 0 Å². The van der Waals surface area contributed by atoms with Crippen molar-refractivity contribution in [3.8, 4) is 0 Å². The third-order valence-corrected chi connectivity index (χ3v) is 6.62. The summed E-state index contributed by atoms with van der Waals surface area (Å²) < 4.78 is 50.6. The number of ketones is 1. The number of benzene rings is 2. The lowest BCUT2D eigenvalue weighted by atomic mass is 10.1. The van der Waals surface area contributed by atoms with E-state index in [4.69, 9.17) is 0 Å². The summed E-state index contributed by atoms with van der Waals surface area (Å²) in [4.78, 5) is 25.4. The highest BCUT2D eigenvalue weighted by atomic mass is 32.2. The molecule has 0 bridgehead atoms. The number of halogens is 3. The molecular formula is C25H16F3N5O3S. The second-order valence-corrected chi connectivity index (χ2v) is 9.41. The quantitative estimate of drug-likeness (QED) is 0.298. The molecule has 37 heavy (non-hydrogen) atoms. The highest BCUT2D eigenvalue weighted by Crippen LogP contribution is 2.30. The Balaban J connectivity index is 1.33. The molecule has 0 amide bonds. The van der Waals surface area contributed by atoms with Gasteiger partial charge in [0.05, 0.1) is 22.4 Å². The maximum Gasteiger partial charge on any atom is 0.578 e. The van der Waals surface area contributed by atoms with Gasteiger partial charge in [0.15, 0.2) is 4.90 Å². The van der Waals surface area contributed by atoms with Crippen LogP contribution in [0.2, 0.25) is 0 Å². The molecular weight excluding hydrogens is 507 g/mol. The fourth-order valence-electron chi connectivity index (χ4n) is 3.65. The van der Waals surface area contributed by atoms with Gasteiger partial charge in [-0.3, -0.25) is 19.3 Å². The molecule has 1 aliphatic heterocycles. The average Bonchev–Trinajstić information content (AvgIpc) is 3.47. The number of carbonyl (C=O) groups excluding carboxylic acids is 2. The summed E-state index contributed by atoms with van der Waals surface area (Å²) in [5, 5.41) is 13.3. The summed E-state index contributed by atoms with van der Waals surface area (Å²) in [6, 6.07) is 9.91. The summed E-state index contributed by atoms with van der Waals surface area (Å²) in [6.45, 7) is 0. The Hall–Kier alpha value is -4.42. The highest BCUT2D eigenvalue weighted by Gasteiger charge is 2.45. The number of carbonyl (C=O) groups is 2. The zero-order chi connectivity index (χ0) is 26.2. The summed E-state index contributed by atoms with van der Waals surface area (Å²) >= 11 is -3.12. The van der Waals surface area contributed by atoms with Crippen molar-refractivity contribution in [2.75, 3.05) is 0 Å². The van der Waals surface area contributed by atoms with Gasteiger partial charge in [0.2, 0.25) is 5.78 Å². The number of hydrogen-bond donors (Lipinski definition) is 2. The molecule has 12 heteroatoms. The number of fused-ring (bicyclic) bond motifs is 2. The lowest BCUT2D eigenvalue weighted by Gasteiger charge is -2.11. The SMILES string of the molecule is O=C(/C=C/c1ccc([S+]([O-])C(F)(F)F)cc1)C1=Cc2cn(C(=O)c3ccc4[nH]nnc4c3)cc2C=CN1. The van der Waals surface area contributed by atoms with E-state index in [1.54, 1.807) is 48.9 Å². The van der Waals surface area contributed by atoms with Crippen molar-refractivity contribution in [1.29, 1.82) is 0 Å². The van der Waals surface area contributed by atoms with Crippen LogP contribution in [-0.4, -0.2) is 41.7 Å². The van der Waals surface area contributed by atoms with Crippen molar-refractivity contribution in [1.82, 2.24) is 25.3 Å². The van der Waals surface area contributed by atoms with Gasteiger partial charge in [-0.25, -0.2) is 0 Å². The Morgan fingerprint density at radius 2 is 1.81 bits per heavy atom. The normalized spacial score (nSPS) is 14.2. The molecule has 2 aromatic carbocycles. The molecule has 0 fully saturated rings. The Morgan fingerprint density at radius 3 is 2.57 bits per heavy atom. The standard InChI is InChI=1S/C25H16F3N5O3S/c26-25(27,28)37(36)19-5-1-15(2-6-19)3-8-23(34)22-12-18-14-33(13-17(18)9-10-29-22)24(35)16-4-7-20-21(11-16)31-32-30-20/h1-14,29H,(H,30,31,32)/b8-3+. The molecule has 0 spiro atoms. The molecule has 186 valence electrons. The molecule has 4 aromatic rings. The van der Waals surface area contributed by atoms with Gasteiger partial charge in [0.1, 0.15) is 5.52 Å². The lowest BCUT2D eigenvalue weighted by molar-refractivity contribution is -0.111. The van der Waals surface area contributed by atoms with Crippen LogP contribution < -0.4 is 5.32 Å². The molecule has 2 aromatic heterocycles. The first-order valence-corrected chi connectivity index (χ1v) is 11.9. The predicted octanol–water partition coefficient (Wildman–Crippen LogP) is 4.27. The number of allylic oxidation sites excluding steroid dienone is 1. The minimum absolute atomic E-state index is 0.232. The number of H-pyrrole nitrogens is 1. The van der Waals surface area contributed by atoms with Gasteiger partial charge in [-0.15, -0.1) is 18.3 Å². The van der Waals surface area contributed by atoms with E-state index in [1.165, 1.54) is 28.9 Å². The van der Waals surface area contributed by atoms with Crippen LogP contribution in [0.4, 0.5) is 13.2 Å². The number of nitrogens with one attached hydrogen (secondary N) is 2. The molecule has 1 aliphatic rings. The fourth-order valence-corrected chi connectivity index (χ4v) is 4.30. The van der Waals surface area contributed by atoms with Gasteiger partial charge in [-0.05, 0) is 66.3 Å². The Kier molecular flexibility index (Phi) is 6.27. The van der Waals surface area contributed by atoms with E-state index in [9.17, 15) is 27.3 Å². The van der Waals surface area contributed by atoms with E-state index in [0.29, 0.717) is 33.3 Å². The average molecular weight is 523 g/mol. The predicted molar refractivity (Wildman–Crippen MR) is 131 cm³/mol. The number of rotatable bonds is 5. The first kappa shape index (κ1) is 24.3. The van der Waals surface area contributed by atoms with Crippen molar-refractivity contribution in [3.63, 3.8) is 0 Å². The van der Waals surface area contributed by atoms with Crippen LogP contribution in [-0.2, 0) is 16.0 Å². The molecule has 3 heterocycles. The van der Waals surface area contributed by atoms with Crippen molar-refractivity contribution in [2.45, 2.75) is 10.4 Å². The van der Waals surface area contributed by atoms with E-state index in [-0.39, 0.29) is 16.5 Å². The fraction of sp³-hybridized carbons (Fsp3) is 0.0400. The Morgan fingerprint density at radius 1 is 1.05 bits per heavy atom. The summed E-state index contributed by atoms with van der Waals surface area (Å²) in [5.74, 6) is -0.675. The Labute approximate surface area is 210 Å². The van der Waals surface area contributed by atoms with Gasteiger partial charge in [0.25, 0.3) is 5.91 Å². The first-order chi connectivity index (χ1) is 17.7. The second kappa shape index (κ2) is 9.56. The van der Waals surface area contributed by atoms with Gasteiger partial charge >= 0.3 is 5.51 Å². The molecule has 5 rings (SSSR count). The van der Waals surface area contributed by atoms with E-state index < -0.39 is 22.5 Å². The molecule has 1 atom stereocenters. The minimum Gasteiger partial charge on any atom is -0.604 e. The second-order valence-electron chi connectivity index (χ2n) is 7.94. The number of aromatic nitrogens is 4. The molecule has 2 N–H and O–H groups in total. The molecule has 0 saturated heterocycles. The third kappa shape index (κ3) is 5.10. The smallest absolute Gasteiger partial charge is 0.578 e. The third-order valence-electron chi connectivity index (χ3n) is 5.50. The number of alkyl halides is 3. The van der Waals surface area contributed by atoms with Crippen LogP contribution >= 0.6 is 0 Å². The summed E-state index contributed by atoms with van der Waals surface area (Å²) in [7, 11) is 0. The molecule has 0 aliphatic carbocycles. The maximum absolute atomic E-state index is 13.0. The maximum atomic E-state index is 13.0. The number of nitrogens with zero attached hydrogens (tertiary/aromatic N) is 3. The first-order valence-electron chi connectivity index (χ1n) is 10.7. The van der Waals surface area contributed by atoms with Crippen LogP contribution in [0.3, 0.4) is 0 Å². The topological polar surface area (TPSA) is 116 Å². The van der Waals surface area contributed by atoms with Crippen LogP contribution in [0.15, 0.2) is 77.7 Å². The van der Waals surface area contributed by atoms with Crippen LogP contribution in [0.25, 0.3) is 29.3 Å².